The number of allylic oxidation sites excluding steroid dienone is 4. The van der Waals surface area contributed by atoms with Crippen LogP contribution in [-0.2, 0) is 0 Å². The molecule has 0 N–H and O–H groups in total. The first-order valence-electron chi connectivity index (χ1n) is 13.3. The summed E-state index contributed by atoms with van der Waals surface area (Å²) in [5.41, 5.74) is 12.2. The van der Waals surface area contributed by atoms with Crippen LogP contribution < -0.4 is 0 Å². The Balaban J connectivity index is 1.38. The quantitative estimate of drug-likeness (QED) is 0.188. The third-order valence-electron chi connectivity index (χ3n) is 7.12. The predicted molar refractivity (Wildman–Crippen MR) is 164 cm³/mol. The van der Waals surface area contributed by atoms with E-state index in [1.54, 1.807) is 0 Å². The van der Waals surface area contributed by atoms with Crippen molar-refractivity contribution in [2.45, 2.75) is 39.7 Å². The maximum atomic E-state index is 4.96. The van der Waals surface area contributed by atoms with Crippen LogP contribution in [0.15, 0.2) is 119 Å². The number of nitrogens with zero attached hydrogens (tertiary/aromatic N) is 2. The Hall–Kier alpha value is -4.30. The Bertz CT molecular complexity index is 1550. The van der Waals surface area contributed by atoms with Crippen LogP contribution in [0.3, 0.4) is 0 Å². The molecule has 1 aliphatic carbocycles. The van der Waals surface area contributed by atoms with E-state index >= 15 is 0 Å². The van der Waals surface area contributed by atoms with Gasteiger partial charge in [-0.05, 0) is 85.4 Å². The molecule has 1 atom stereocenters. The average molecular weight is 495 g/mol. The molecule has 38 heavy (non-hydrogen) atoms. The summed E-state index contributed by atoms with van der Waals surface area (Å²) in [6, 6.07) is 34.5. The fourth-order valence-electron chi connectivity index (χ4n) is 5.10. The zero-order chi connectivity index (χ0) is 26.5. The second-order valence-electron chi connectivity index (χ2n) is 10.0. The highest BCUT2D eigenvalue weighted by Crippen LogP contribution is 2.36. The van der Waals surface area contributed by atoms with Crippen LogP contribution in [0.1, 0.15) is 59.2 Å². The molecule has 2 heteroatoms. The van der Waals surface area contributed by atoms with E-state index in [2.05, 4.69) is 142 Å². The van der Waals surface area contributed by atoms with E-state index in [4.69, 9.17) is 4.99 Å². The lowest BCUT2D eigenvalue weighted by Gasteiger charge is -2.18. The van der Waals surface area contributed by atoms with Crippen molar-refractivity contribution < 1.29 is 0 Å². The molecule has 0 radical (unpaired) electrons. The van der Waals surface area contributed by atoms with E-state index in [1.807, 2.05) is 0 Å². The molecular formula is C36H34N2. The van der Waals surface area contributed by atoms with Crippen LogP contribution in [0.2, 0.25) is 0 Å². The van der Waals surface area contributed by atoms with Gasteiger partial charge >= 0.3 is 0 Å². The van der Waals surface area contributed by atoms with Crippen molar-refractivity contribution in [3.05, 3.63) is 143 Å². The highest BCUT2D eigenvalue weighted by atomic mass is 14.9. The number of aliphatic imine (C=N–C) groups is 2. The fourth-order valence-corrected chi connectivity index (χ4v) is 5.10. The van der Waals surface area contributed by atoms with E-state index < -0.39 is 0 Å². The van der Waals surface area contributed by atoms with Crippen LogP contribution in [0.25, 0.3) is 22.3 Å². The topological polar surface area (TPSA) is 24.7 Å². The Morgan fingerprint density at radius 2 is 1.21 bits per heavy atom. The molecule has 2 nitrogen and oxygen atoms in total. The van der Waals surface area contributed by atoms with Gasteiger partial charge in [0.2, 0.25) is 0 Å². The first kappa shape index (κ1) is 25.4. The summed E-state index contributed by atoms with van der Waals surface area (Å²) in [6.45, 7) is 10.2. The van der Waals surface area contributed by atoms with Gasteiger partial charge in [0, 0.05) is 5.56 Å². The molecule has 0 heterocycles. The standard InChI is InChI=1S/C36H34N2/c1-25-10-7-12-30(22-25)31-13-9-15-33(24-31)36(37-4)38-27(3)28-18-20-29(21-19-28)34-16-5-6-17-35(34)32-14-8-11-26(2)23-32/h7-24,27H,4-6H2,1-3H3. The predicted octanol–water partition coefficient (Wildman–Crippen LogP) is 9.44. The maximum Gasteiger partial charge on any atom is 0.154 e. The maximum absolute atomic E-state index is 4.96. The number of hydrogen-bond donors (Lipinski definition) is 0. The number of amidine groups is 1. The van der Waals surface area contributed by atoms with Crippen molar-refractivity contribution in [3.8, 4) is 11.1 Å². The Kier molecular flexibility index (Phi) is 7.60. The highest BCUT2D eigenvalue weighted by molar-refractivity contribution is 6.05. The Morgan fingerprint density at radius 3 is 1.84 bits per heavy atom. The first-order chi connectivity index (χ1) is 18.5. The summed E-state index contributed by atoms with van der Waals surface area (Å²) in [7, 11) is 0. The Morgan fingerprint density at radius 1 is 0.658 bits per heavy atom. The summed E-state index contributed by atoms with van der Waals surface area (Å²) in [5.74, 6) is 0.663. The lowest BCUT2D eigenvalue weighted by molar-refractivity contribution is 0.818. The minimum absolute atomic E-state index is 0.0423. The molecule has 0 aliphatic heterocycles. The molecular weight excluding hydrogens is 460 g/mol. The number of aryl methyl sites for hydroxylation is 2. The smallest absolute Gasteiger partial charge is 0.154 e. The van der Waals surface area contributed by atoms with Crippen molar-refractivity contribution in [2.24, 2.45) is 9.98 Å². The van der Waals surface area contributed by atoms with Crippen molar-refractivity contribution in [2.75, 3.05) is 0 Å². The van der Waals surface area contributed by atoms with Crippen LogP contribution in [0.4, 0.5) is 0 Å². The second kappa shape index (κ2) is 11.4. The lowest BCUT2D eigenvalue weighted by atomic mass is 9.86. The van der Waals surface area contributed by atoms with Crippen molar-refractivity contribution >= 4 is 23.7 Å². The summed E-state index contributed by atoms with van der Waals surface area (Å²) >= 11 is 0. The summed E-state index contributed by atoms with van der Waals surface area (Å²) < 4.78 is 0. The van der Waals surface area contributed by atoms with E-state index in [1.165, 1.54) is 39.0 Å². The first-order valence-corrected chi connectivity index (χ1v) is 13.3. The van der Waals surface area contributed by atoms with Gasteiger partial charge in [0.05, 0.1) is 6.04 Å². The molecule has 4 aromatic rings. The molecule has 1 aliphatic rings. The molecule has 0 saturated heterocycles. The van der Waals surface area contributed by atoms with Gasteiger partial charge in [-0.3, -0.25) is 4.99 Å². The molecule has 0 spiro atoms. The molecule has 4 aromatic carbocycles. The van der Waals surface area contributed by atoms with Crippen LogP contribution in [0.5, 0.6) is 0 Å². The van der Waals surface area contributed by atoms with Gasteiger partial charge in [0.1, 0.15) is 0 Å². The monoisotopic (exact) mass is 494 g/mol. The Labute approximate surface area is 226 Å². The van der Waals surface area contributed by atoms with Gasteiger partial charge < -0.3 is 0 Å². The molecule has 188 valence electrons. The van der Waals surface area contributed by atoms with Crippen LogP contribution in [0, 0.1) is 13.8 Å². The van der Waals surface area contributed by atoms with E-state index in [0.29, 0.717) is 5.84 Å². The van der Waals surface area contributed by atoms with Gasteiger partial charge in [0.25, 0.3) is 0 Å². The van der Waals surface area contributed by atoms with Crippen molar-refractivity contribution in [1.82, 2.24) is 0 Å². The molecule has 0 aromatic heterocycles. The molecule has 0 fully saturated rings. The molecule has 5 rings (SSSR count). The number of hydrogen-bond acceptors (Lipinski definition) is 1. The molecule has 0 bridgehead atoms. The van der Waals surface area contributed by atoms with Crippen LogP contribution >= 0.6 is 0 Å². The van der Waals surface area contributed by atoms with Gasteiger partial charge in [0.15, 0.2) is 5.84 Å². The zero-order valence-electron chi connectivity index (χ0n) is 22.5. The van der Waals surface area contributed by atoms with Crippen molar-refractivity contribution in [1.29, 1.82) is 0 Å². The van der Waals surface area contributed by atoms with Gasteiger partial charge in [-0.2, -0.15) is 0 Å². The third kappa shape index (κ3) is 5.65. The van der Waals surface area contributed by atoms with E-state index in [9.17, 15) is 0 Å². The van der Waals surface area contributed by atoms with Gasteiger partial charge in [-0.1, -0.05) is 114 Å². The minimum atomic E-state index is -0.0423. The van der Waals surface area contributed by atoms with E-state index in [0.717, 1.165) is 29.5 Å². The minimum Gasteiger partial charge on any atom is -0.258 e. The highest BCUT2D eigenvalue weighted by Gasteiger charge is 2.15. The summed E-state index contributed by atoms with van der Waals surface area (Å²) in [5, 5.41) is 0. The molecule has 0 saturated carbocycles. The molecule has 0 amide bonds. The normalized spacial score (nSPS) is 14.4. The largest absolute Gasteiger partial charge is 0.258 e. The van der Waals surface area contributed by atoms with Gasteiger partial charge in [-0.15, -0.1) is 0 Å². The van der Waals surface area contributed by atoms with Crippen molar-refractivity contribution in [3.63, 3.8) is 0 Å². The van der Waals surface area contributed by atoms with E-state index in [-0.39, 0.29) is 6.04 Å². The van der Waals surface area contributed by atoms with Gasteiger partial charge in [-0.25, -0.2) is 4.99 Å². The lowest BCUT2D eigenvalue weighted by Crippen LogP contribution is -2.01. The SMILES string of the molecule is C=NC(=NC(C)c1ccc(C2=CCCC=C2c2cccc(C)c2)cc1)c1cccc(-c2cccc(C)c2)c1. The summed E-state index contributed by atoms with van der Waals surface area (Å²) in [4.78, 5) is 9.26. The summed E-state index contributed by atoms with van der Waals surface area (Å²) in [6.07, 6.45) is 6.90. The second-order valence-corrected chi connectivity index (χ2v) is 10.0. The third-order valence-corrected chi connectivity index (χ3v) is 7.12. The van der Waals surface area contributed by atoms with Crippen LogP contribution in [-0.4, -0.2) is 12.6 Å². The fraction of sp³-hybridized carbons (Fsp3) is 0.167. The zero-order valence-corrected chi connectivity index (χ0v) is 22.5. The number of rotatable bonds is 6. The average Bonchev–Trinajstić information content (AvgIpc) is 2.96. The number of benzene rings is 4. The molecule has 1 unspecified atom stereocenters.